The molecule has 0 aliphatic heterocycles. The summed E-state index contributed by atoms with van der Waals surface area (Å²) in [6.45, 7) is 2.11. The van der Waals surface area contributed by atoms with Crippen molar-refractivity contribution in [1.29, 1.82) is 0 Å². The highest BCUT2D eigenvalue weighted by molar-refractivity contribution is 6.33. The second-order valence-electron chi connectivity index (χ2n) is 10.0. The van der Waals surface area contributed by atoms with Gasteiger partial charge in [-0.2, -0.15) is 5.10 Å². The molecule has 164 valence electrons. The van der Waals surface area contributed by atoms with Crippen molar-refractivity contribution in [1.82, 2.24) is 9.78 Å². The fraction of sp³-hybridized carbons (Fsp3) is 0.542. The summed E-state index contributed by atoms with van der Waals surface area (Å²) in [5.74, 6) is 0.176. The molecule has 0 radical (unpaired) electrons. The van der Waals surface area contributed by atoms with Crippen LogP contribution in [0.1, 0.15) is 57.4 Å². The SMILES string of the molecule is CCc1ccc(Nc2cnn(C34C[C@H]5C[C@@H](CC(CC(=O)O)(C5)C3)C4)c(=O)c2Cl)cc1. The van der Waals surface area contributed by atoms with Gasteiger partial charge in [-0.05, 0) is 79.9 Å². The Morgan fingerprint density at radius 3 is 2.52 bits per heavy atom. The van der Waals surface area contributed by atoms with Gasteiger partial charge in [-0.3, -0.25) is 9.59 Å². The Morgan fingerprint density at radius 2 is 1.90 bits per heavy atom. The highest BCUT2D eigenvalue weighted by Crippen LogP contribution is 2.65. The van der Waals surface area contributed by atoms with Gasteiger partial charge in [-0.15, -0.1) is 0 Å². The number of carbonyl (C=O) groups is 1. The first-order chi connectivity index (χ1) is 14.8. The molecule has 1 heterocycles. The zero-order chi connectivity index (χ0) is 21.8. The minimum absolute atomic E-state index is 0.137. The Balaban J connectivity index is 1.47. The fourth-order valence-corrected chi connectivity index (χ4v) is 7.19. The van der Waals surface area contributed by atoms with E-state index in [9.17, 15) is 14.7 Å². The van der Waals surface area contributed by atoms with Crippen molar-refractivity contribution in [2.75, 3.05) is 5.32 Å². The monoisotopic (exact) mass is 441 g/mol. The summed E-state index contributed by atoms with van der Waals surface area (Å²) < 4.78 is 1.59. The first-order valence-corrected chi connectivity index (χ1v) is 11.6. The highest BCUT2D eigenvalue weighted by atomic mass is 35.5. The number of hydrogen-bond donors (Lipinski definition) is 2. The maximum Gasteiger partial charge on any atom is 0.303 e. The lowest BCUT2D eigenvalue weighted by molar-refractivity contribution is -0.151. The number of anilines is 2. The van der Waals surface area contributed by atoms with Crippen LogP contribution in [0, 0.1) is 17.3 Å². The van der Waals surface area contributed by atoms with Gasteiger partial charge in [0, 0.05) is 5.69 Å². The molecule has 0 unspecified atom stereocenters. The molecule has 1 aromatic heterocycles. The van der Waals surface area contributed by atoms with E-state index in [2.05, 4.69) is 17.3 Å². The van der Waals surface area contributed by atoms with Crippen molar-refractivity contribution in [3.63, 3.8) is 0 Å². The van der Waals surface area contributed by atoms with Crippen LogP contribution in [0.3, 0.4) is 0 Å². The van der Waals surface area contributed by atoms with Crippen molar-refractivity contribution < 1.29 is 9.90 Å². The van der Waals surface area contributed by atoms with E-state index < -0.39 is 11.5 Å². The summed E-state index contributed by atoms with van der Waals surface area (Å²) in [4.78, 5) is 24.9. The molecule has 2 N–H and O–H groups in total. The van der Waals surface area contributed by atoms with E-state index in [0.717, 1.165) is 44.2 Å². The van der Waals surface area contributed by atoms with Gasteiger partial charge >= 0.3 is 5.97 Å². The summed E-state index contributed by atoms with van der Waals surface area (Å²) in [6.07, 6.45) is 8.30. The second-order valence-corrected chi connectivity index (χ2v) is 10.4. The number of nitrogens with one attached hydrogen (secondary N) is 1. The maximum atomic E-state index is 13.3. The standard InChI is InChI=1S/C24H28ClN3O3/c1-2-15-3-5-18(6-4-15)27-19-13-26-28(22(31)21(19)25)24-10-16-7-17(11-24)9-23(8-16,14-24)12-20(29)30/h3-6,13,16-17,27H,2,7-12,14H2,1H3,(H,29,30)/t16-,17-,23?,24?/m0/s1. The van der Waals surface area contributed by atoms with Gasteiger partial charge in [-0.1, -0.05) is 30.7 Å². The Kier molecular flexibility index (Phi) is 4.88. The van der Waals surface area contributed by atoms with Crippen LogP contribution in [0.5, 0.6) is 0 Å². The molecule has 7 heteroatoms. The van der Waals surface area contributed by atoms with Crippen molar-refractivity contribution in [3.05, 3.63) is 51.4 Å². The lowest BCUT2D eigenvalue weighted by Crippen LogP contribution is -2.59. The largest absolute Gasteiger partial charge is 0.481 e. The van der Waals surface area contributed by atoms with Gasteiger partial charge in [0.15, 0.2) is 0 Å². The second kappa shape index (κ2) is 7.37. The normalized spacial score (nSPS) is 31.0. The summed E-state index contributed by atoms with van der Waals surface area (Å²) >= 11 is 6.54. The third-order valence-electron chi connectivity index (χ3n) is 7.69. The van der Waals surface area contributed by atoms with Crippen molar-refractivity contribution in [2.24, 2.45) is 17.3 Å². The molecule has 6 nitrogen and oxygen atoms in total. The predicted molar refractivity (Wildman–Crippen MR) is 120 cm³/mol. The summed E-state index contributed by atoms with van der Waals surface area (Å²) in [6, 6.07) is 8.02. The Hall–Kier alpha value is -2.34. The van der Waals surface area contributed by atoms with Gasteiger partial charge in [0.1, 0.15) is 5.02 Å². The zero-order valence-electron chi connectivity index (χ0n) is 17.7. The molecule has 0 saturated heterocycles. The Morgan fingerprint density at radius 1 is 1.23 bits per heavy atom. The number of nitrogens with zero attached hydrogens (tertiary/aromatic N) is 2. The smallest absolute Gasteiger partial charge is 0.303 e. The van der Waals surface area contributed by atoms with Gasteiger partial charge in [0.05, 0.1) is 23.8 Å². The average molecular weight is 442 g/mol. The average Bonchev–Trinajstić information content (AvgIpc) is 2.70. The highest BCUT2D eigenvalue weighted by Gasteiger charge is 2.59. The topological polar surface area (TPSA) is 84.2 Å². The lowest BCUT2D eigenvalue weighted by atomic mass is 9.46. The van der Waals surface area contributed by atoms with Crippen LogP contribution in [0.15, 0.2) is 35.3 Å². The maximum absolute atomic E-state index is 13.3. The molecule has 4 aliphatic carbocycles. The van der Waals surface area contributed by atoms with E-state index in [1.54, 1.807) is 10.9 Å². The number of aromatic nitrogens is 2. The van der Waals surface area contributed by atoms with E-state index in [0.29, 0.717) is 23.9 Å². The molecular weight excluding hydrogens is 414 g/mol. The van der Waals surface area contributed by atoms with E-state index in [1.807, 2.05) is 24.3 Å². The molecule has 31 heavy (non-hydrogen) atoms. The quantitative estimate of drug-likeness (QED) is 0.660. The Labute approximate surface area is 186 Å². The zero-order valence-corrected chi connectivity index (χ0v) is 18.5. The molecule has 4 bridgehead atoms. The van der Waals surface area contributed by atoms with Gasteiger partial charge in [0.2, 0.25) is 0 Å². The Bertz CT molecular complexity index is 1060. The van der Waals surface area contributed by atoms with E-state index in [-0.39, 0.29) is 22.4 Å². The predicted octanol–water partition coefficient (Wildman–Crippen LogP) is 4.97. The van der Waals surface area contributed by atoms with E-state index >= 15 is 0 Å². The fourth-order valence-electron chi connectivity index (χ4n) is 7.01. The van der Waals surface area contributed by atoms with Crippen LogP contribution in [-0.4, -0.2) is 20.9 Å². The summed E-state index contributed by atoms with van der Waals surface area (Å²) in [5, 5.41) is 17.5. The number of rotatable bonds is 6. The molecule has 4 aliphatic rings. The van der Waals surface area contributed by atoms with Crippen LogP contribution in [0.25, 0.3) is 0 Å². The molecule has 4 saturated carbocycles. The minimum Gasteiger partial charge on any atom is -0.481 e. The van der Waals surface area contributed by atoms with Crippen LogP contribution < -0.4 is 10.9 Å². The molecule has 2 atom stereocenters. The third kappa shape index (κ3) is 3.55. The van der Waals surface area contributed by atoms with Crippen LogP contribution in [0.2, 0.25) is 5.02 Å². The number of benzene rings is 1. The summed E-state index contributed by atoms with van der Waals surface area (Å²) in [5.41, 5.74) is 1.67. The van der Waals surface area contributed by atoms with Gasteiger partial charge in [0.25, 0.3) is 5.56 Å². The first kappa shape index (κ1) is 20.6. The van der Waals surface area contributed by atoms with E-state index in [1.165, 1.54) is 5.56 Å². The number of aliphatic carboxylic acids is 1. The number of carboxylic acid groups (broad SMARTS) is 1. The third-order valence-corrected chi connectivity index (χ3v) is 8.05. The molecule has 1 aromatic carbocycles. The van der Waals surface area contributed by atoms with Crippen LogP contribution >= 0.6 is 11.6 Å². The van der Waals surface area contributed by atoms with Crippen molar-refractivity contribution >= 4 is 28.9 Å². The van der Waals surface area contributed by atoms with Crippen LogP contribution in [-0.2, 0) is 16.8 Å². The molecule has 2 aromatic rings. The van der Waals surface area contributed by atoms with Crippen molar-refractivity contribution in [3.8, 4) is 0 Å². The first-order valence-electron chi connectivity index (χ1n) is 11.2. The molecular formula is C24H28ClN3O3. The minimum atomic E-state index is -0.746. The number of aryl methyl sites for hydroxylation is 1. The molecule has 0 amide bonds. The lowest BCUT2D eigenvalue weighted by Gasteiger charge is -2.61. The van der Waals surface area contributed by atoms with Gasteiger partial charge in [-0.25, -0.2) is 4.68 Å². The van der Waals surface area contributed by atoms with Gasteiger partial charge < -0.3 is 10.4 Å². The molecule has 4 fully saturated rings. The van der Waals surface area contributed by atoms with Crippen molar-refractivity contribution in [2.45, 2.75) is 63.8 Å². The van der Waals surface area contributed by atoms with Crippen LogP contribution in [0.4, 0.5) is 11.4 Å². The number of halogens is 1. The number of carboxylic acids is 1. The summed E-state index contributed by atoms with van der Waals surface area (Å²) in [7, 11) is 0. The molecule has 6 rings (SSSR count). The van der Waals surface area contributed by atoms with E-state index in [4.69, 9.17) is 11.6 Å². The molecule has 0 spiro atoms. The number of hydrogen-bond acceptors (Lipinski definition) is 4.